The van der Waals surface area contributed by atoms with E-state index in [2.05, 4.69) is 6.07 Å². The third kappa shape index (κ3) is 2.38. The quantitative estimate of drug-likeness (QED) is 0.847. The molecule has 0 saturated carbocycles. The molecule has 1 aliphatic rings. The first-order valence-electron chi connectivity index (χ1n) is 5.27. The van der Waals surface area contributed by atoms with E-state index in [0.717, 1.165) is 9.21 Å². The van der Waals surface area contributed by atoms with Crippen LogP contribution in [0.4, 0.5) is 4.79 Å². The maximum atomic E-state index is 11.9. The van der Waals surface area contributed by atoms with Crippen LogP contribution in [0.15, 0.2) is 12.1 Å². The predicted octanol–water partition coefficient (Wildman–Crippen LogP) is 2.72. The monoisotopic (exact) mass is 269 g/mol. The number of nitrogens with zero attached hydrogens (tertiary/aromatic N) is 3. The van der Waals surface area contributed by atoms with Crippen LogP contribution in [0.1, 0.15) is 17.3 Å². The van der Waals surface area contributed by atoms with E-state index in [1.165, 1.54) is 11.3 Å². The number of nitriles is 1. The molecule has 2 heterocycles. The molecule has 1 aliphatic heterocycles. The minimum absolute atomic E-state index is 0.0187. The van der Waals surface area contributed by atoms with Crippen LogP contribution in [-0.2, 0) is 0 Å². The average Bonchev–Trinajstić information content (AvgIpc) is 2.84. The third-order valence-electron chi connectivity index (χ3n) is 2.85. The van der Waals surface area contributed by atoms with Gasteiger partial charge in [-0.05, 0) is 12.1 Å². The lowest BCUT2D eigenvalue weighted by molar-refractivity contribution is 0.196. The summed E-state index contributed by atoms with van der Waals surface area (Å²) in [4.78, 5) is 16.4. The standard InChI is InChI=1S/C11H12ClN3OS/c1-14-8(9-3-4-10(12)17-9)7-15(11(14)16)6-2-5-13/h3-4,8H,2,6-7H2,1H3. The Balaban J connectivity index is 2.11. The van der Waals surface area contributed by atoms with Crippen molar-refractivity contribution in [3.63, 3.8) is 0 Å². The number of likely N-dealkylation sites (N-methyl/N-ethyl adjacent to an activating group) is 1. The first kappa shape index (κ1) is 12.2. The van der Waals surface area contributed by atoms with Crippen LogP contribution in [-0.4, -0.2) is 36.0 Å². The number of urea groups is 1. The molecular formula is C11H12ClN3OS. The number of amides is 2. The molecule has 0 N–H and O–H groups in total. The van der Waals surface area contributed by atoms with Gasteiger partial charge in [-0.1, -0.05) is 11.6 Å². The van der Waals surface area contributed by atoms with Crippen LogP contribution < -0.4 is 0 Å². The van der Waals surface area contributed by atoms with Crippen LogP contribution in [0, 0.1) is 11.3 Å². The van der Waals surface area contributed by atoms with Crippen LogP contribution in [0.3, 0.4) is 0 Å². The van der Waals surface area contributed by atoms with Crippen molar-refractivity contribution in [3.05, 3.63) is 21.3 Å². The molecule has 1 aromatic heterocycles. The van der Waals surface area contributed by atoms with Gasteiger partial charge >= 0.3 is 6.03 Å². The van der Waals surface area contributed by atoms with Gasteiger partial charge in [-0.2, -0.15) is 5.26 Å². The largest absolute Gasteiger partial charge is 0.321 e. The number of thiophene rings is 1. The molecule has 0 aliphatic carbocycles. The fraction of sp³-hybridized carbons (Fsp3) is 0.455. The maximum absolute atomic E-state index is 11.9. The normalized spacial score (nSPS) is 19.8. The van der Waals surface area contributed by atoms with Crippen molar-refractivity contribution >= 4 is 29.0 Å². The molecule has 1 saturated heterocycles. The Kier molecular flexibility index (Phi) is 3.55. The molecular weight excluding hydrogens is 258 g/mol. The molecule has 1 atom stereocenters. The Morgan fingerprint density at radius 2 is 2.41 bits per heavy atom. The summed E-state index contributed by atoms with van der Waals surface area (Å²) in [7, 11) is 1.78. The van der Waals surface area contributed by atoms with Gasteiger partial charge in [-0.15, -0.1) is 11.3 Å². The van der Waals surface area contributed by atoms with E-state index in [1.807, 2.05) is 12.1 Å². The van der Waals surface area contributed by atoms with Crippen LogP contribution in [0.25, 0.3) is 0 Å². The molecule has 1 aromatic rings. The number of carbonyl (C=O) groups excluding carboxylic acids is 1. The molecule has 2 rings (SSSR count). The van der Waals surface area contributed by atoms with Crippen molar-refractivity contribution in [3.8, 4) is 6.07 Å². The minimum Gasteiger partial charge on any atom is -0.321 e. The summed E-state index contributed by atoms with van der Waals surface area (Å²) in [5.74, 6) is 0. The number of halogens is 1. The molecule has 0 radical (unpaired) electrons. The predicted molar refractivity (Wildman–Crippen MR) is 67.0 cm³/mol. The van der Waals surface area contributed by atoms with Crippen LogP contribution >= 0.6 is 22.9 Å². The van der Waals surface area contributed by atoms with Crippen molar-refractivity contribution in [1.82, 2.24) is 9.80 Å². The Hall–Kier alpha value is -1.25. The summed E-state index contributed by atoms with van der Waals surface area (Å²) in [6.45, 7) is 1.13. The summed E-state index contributed by atoms with van der Waals surface area (Å²) in [5.41, 5.74) is 0. The molecule has 4 nitrogen and oxygen atoms in total. The van der Waals surface area contributed by atoms with Gasteiger partial charge in [0.25, 0.3) is 0 Å². The fourth-order valence-electron chi connectivity index (χ4n) is 1.93. The summed E-state index contributed by atoms with van der Waals surface area (Å²) in [6, 6.07) is 5.89. The van der Waals surface area contributed by atoms with Gasteiger partial charge in [0.05, 0.1) is 22.9 Å². The molecule has 0 spiro atoms. The number of carbonyl (C=O) groups is 1. The first-order chi connectivity index (χ1) is 8.13. The average molecular weight is 270 g/mol. The van der Waals surface area contributed by atoms with Crippen molar-refractivity contribution in [2.45, 2.75) is 12.5 Å². The smallest absolute Gasteiger partial charge is 0.320 e. The van der Waals surface area contributed by atoms with E-state index in [0.29, 0.717) is 19.5 Å². The third-order valence-corrected chi connectivity index (χ3v) is 4.18. The second-order valence-electron chi connectivity index (χ2n) is 3.91. The zero-order chi connectivity index (χ0) is 12.4. The van der Waals surface area contributed by atoms with Gasteiger partial charge in [0, 0.05) is 25.0 Å². The van der Waals surface area contributed by atoms with Gasteiger partial charge in [0.15, 0.2) is 0 Å². The van der Waals surface area contributed by atoms with Crippen molar-refractivity contribution in [1.29, 1.82) is 5.26 Å². The van der Waals surface area contributed by atoms with E-state index in [4.69, 9.17) is 16.9 Å². The highest BCUT2D eigenvalue weighted by atomic mass is 35.5. The Morgan fingerprint density at radius 1 is 1.65 bits per heavy atom. The Morgan fingerprint density at radius 3 is 3.00 bits per heavy atom. The Bertz CT molecular complexity index is 468. The van der Waals surface area contributed by atoms with Gasteiger partial charge in [-0.3, -0.25) is 0 Å². The van der Waals surface area contributed by atoms with E-state index in [-0.39, 0.29) is 12.1 Å². The zero-order valence-electron chi connectivity index (χ0n) is 9.39. The van der Waals surface area contributed by atoms with Crippen molar-refractivity contribution in [2.75, 3.05) is 20.1 Å². The van der Waals surface area contributed by atoms with Gasteiger partial charge in [0.1, 0.15) is 0 Å². The van der Waals surface area contributed by atoms with Gasteiger partial charge in [0.2, 0.25) is 0 Å². The zero-order valence-corrected chi connectivity index (χ0v) is 11.0. The van der Waals surface area contributed by atoms with E-state index in [1.54, 1.807) is 16.8 Å². The fourth-order valence-corrected chi connectivity index (χ4v) is 3.12. The van der Waals surface area contributed by atoms with E-state index in [9.17, 15) is 4.79 Å². The lowest BCUT2D eigenvalue weighted by Gasteiger charge is -2.15. The summed E-state index contributed by atoms with van der Waals surface area (Å²) in [5, 5.41) is 8.55. The number of rotatable bonds is 3. The second kappa shape index (κ2) is 4.94. The summed E-state index contributed by atoms with van der Waals surface area (Å²) in [6.07, 6.45) is 0.373. The maximum Gasteiger partial charge on any atom is 0.320 e. The first-order valence-corrected chi connectivity index (χ1v) is 6.47. The van der Waals surface area contributed by atoms with Crippen molar-refractivity contribution in [2.24, 2.45) is 0 Å². The molecule has 0 bridgehead atoms. The molecule has 17 heavy (non-hydrogen) atoms. The van der Waals surface area contributed by atoms with Gasteiger partial charge in [-0.25, -0.2) is 4.79 Å². The summed E-state index contributed by atoms with van der Waals surface area (Å²) < 4.78 is 0.733. The Labute approximate surface area is 109 Å². The molecule has 6 heteroatoms. The topological polar surface area (TPSA) is 47.3 Å². The summed E-state index contributed by atoms with van der Waals surface area (Å²) >= 11 is 7.40. The lowest BCUT2D eigenvalue weighted by Crippen LogP contribution is -2.30. The number of hydrogen-bond donors (Lipinski definition) is 0. The molecule has 0 aromatic carbocycles. The lowest BCUT2D eigenvalue weighted by atomic mass is 10.2. The highest BCUT2D eigenvalue weighted by molar-refractivity contribution is 7.16. The highest BCUT2D eigenvalue weighted by Gasteiger charge is 2.35. The van der Waals surface area contributed by atoms with Crippen molar-refractivity contribution < 1.29 is 4.79 Å². The minimum atomic E-state index is -0.0187. The molecule has 2 amide bonds. The highest BCUT2D eigenvalue weighted by Crippen LogP contribution is 2.34. The SMILES string of the molecule is CN1C(=O)N(CCC#N)CC1c1ccc(Cl)s1. The molecule has 90 valence electrons. The van der Waals surface area contributed by atoms with E-state index >= 15 is 0 Å². The van der Waals surface area contributed by atoms with Crippen LogP contribution in [0.5, 0.6) is 0 Å². The van der Waals surface area contributed by atoms with Gasteiger partial charge < -0.3 is 9.80 Å². The second-order valence-corrected chi connectivity index (χ2v) is 5.65. The molecule has 1 unspecified atom stereocenters. The molecule has 1 fully saturated rings. The van der Waals surface area contributed by atoms with Crippen LogP contribution in [0.2, 0.25) is 4.34 Å². The van der Waals surface area contributed by atoms with E-state index < -0.39 is 0 Å². The number of hydrogen-bond acceptors (Lipinski definition) is 3.